The zero-order valence-corrected chi connectivity index (χ0v) is 11.2. The van der Waals surface area contributed by atoms with E-state index in [9.17, 15) is 0 Å². The lowest BCUT2D eigenvalue weighted by atomic mass is 10.2. The van der Waals surface area contributed by atoms with Crippen LogP contribution in [0.5, 0.6) is 0 Å². The second-order valence-corrected chi connectivity index (χ2v) is 5.07. The van der Waals surface area contributed by atoms with E-state index in [2.05, 4.69) is 31.9 Å². The predicted octanol–water partition coefficient (Wildman–Crippen LogP) is 3.28. The van der Waals surface area contributed by atoms with Crippen LogP contribution in [0.1, 0.15) is 27.7 Å². The van der Waals surface area contributed by atoms with Gasteiger partial charge in [0.1, 0.15) is 11.2 Å². The largest absolute Gasteiger partial charge is 0.229 e. The molecule has 0 aliphatic heterocycles. The van der Waals surface area contributed by atoms with Crippen LogP contribution in [0.3, 0.4) is 0 Å². The molecule has 0 bridgehead atoms. The lowest BCUT2D eigenvalue weighted by Gasteiger charge is -2.28. The van der Waals surface area contributed by atoms with E-state index in [-0.39, 0.29) is 11.2 Å². The van der Waals surface area contributed by atoms with Gasteiger partial charge in [0.05, 0.1) is 0 Å². The average molecular weight is 304 g/mol. The van der Waals surface area contributed by atoms with Gasteiger partial charge in [-0.2, -0.15) is 0 Å². The minimum atomic E-state index is -0.278. The molecule has 0 aromatic heterocycles. The Morgan fingerprint density at radius 3 is 1.25 bits per heavy atom. The van der Waals surface area contributed by atoms with Crippen LogP contribution in [0.15, 0.2) is 0 Å². The first-order valence-corrected chi connectivity index (χ1v) is 6.06. The van der Waals surface area contributed by atoms with Crippen LogP contribution in [0.25, 0.3) is 0 Å². The molecule has 0 radical (unpaired) electrons. The van der Waals surface area contributed by atoms with Gasteiger partial charge in [-0.25, -0.2) is 9.78 Å². The van der Waals surface area contributed by atoms with Crippen LogP contribution in [-0.2, 0) is 9.78 Å². The maximum absolute atomic E-state index is 5.26. The van der Waals surface area contributed by atoms with Crippen molar-refractivity contribution in [2.45, 2.75) is 38.9 Å². The van der Waals surface area contributed by atoms with Crippen LogP contribution in [0.4, 0.5) is 0 Å². The molecular weight excluding hydrogens is 288 g/mol. The summed E-state index contributed by atoms with van der Waals surface area (Å²) < 4.78 is 0. The van der Waals surface area contributed by atoms with Crippen molar-refractivity contribution < 1.29 is 9.78 Å². The highest BCUT2D eigenvalue weighted by molar-refractivity contribution is 9.09. The first-order valence-electron chi connectivity index (χ1n) is 3.82. The molecule has 0 amide bonds. The van der Waals surface area contributed by atoms with Gasteiger partial charge in [0.15, 0.2) is 0 Å². The van der Waals surface area contributed by atoms with Crippen molar-refractivity contribution in [3.05, 3.63) is 0 Å². The van der Waals surface area contributed by atoms with Crippen LogP contribution in [0.2, 0.25) is 0 Å². The van der Waals surface area contributed by atoms with Gasteiger partial charge in [-0.15, -0.1) is 0 Å². The highest BCUT2D eigenvalue weighted by Crippen LogP contribution is 2.19. The first-order chi connectivity index (χ1) is 5.33. The molecule has 12 heavy (non-hydrogen) atoms. The Labute approximate surface area is 91.2 Å². The minimum Gasteiger partial charge on any atom is -0.229 e. The van der Waals surface area contributed by atoms with E-state index >= 15 is 0 Å². The molecule has 0 atom stereocenters. The normalized spacial score (nSPS) is 13.5. The second-order valence-electron chi connectivity index (χ2n) is 3.95. The zero-order valence-electron chi connectivity index (χ0n) is 7.99. The molecule has 4 heteroatoms. The smallest absolute Gasteiger partial charge is 0.108 e. The number of halogens is 2. The summed E-state index contributed by atoms with van der Waals surface area (Å²) in [6.07, 6.45) is 0. The second kappa shape index (κ2) is 4.94. The molecule has 0 aromatic rings. The van der Waals surface area contributed by atoms with E-state index in [0.717, 1.165) is 10.7 Å². The Hall–Kier alpha value is 0.880. The van der Waals surface area contributed by atoms with Gasteiger partial charge in [-0.05, 0) is 27.7 Å². The molecule has 0 heterocycles. The van der Waals surface area contributed by atoms with E-state index in [1.54, 1.807) is 0 Å². The molecule has 0 N–H and O–H groups in total. The fourth-order valence-corrected chi connectivity index (χ4v) is 0.457. The lowest BCUT2D eigenvalue weighted by molar-refractivity contribution is -0.390. The van der Waals surface area contributed by atoms with E-state index in [0.29, 0.717) is 0 Å². The van der Waals surface area contributed by atoms with Crippen LogP contribution in [-0.4, -0.2) is 21.9 Å². The van der Waals surface area contributed by atoms with Crippen LogP contribution < -0.4 is 0 Å². The van der Waals surface area contributed by atoms with Gasteiger partial charge in [0.25, 0.3) is 0 Å². The quantitative estimate of drug-likeness (QED) is 0.441. The van der Waals surface area contributed by atoms with Gasteiger partial charge >= 0.3 is 0 Å². The standard InChI is InChI=1S/C8H16Br2O2/c1-7(2,5-9)11-12-8(3,4)6-10/h5-6H2,1-4H3. The van der Waals surface area contributed by atoms with E-state index in [1.165, 1.54) is 0 Å². The van der Waals surface area contributed by atoms with Crippen LogP contribution in [0, 0.1) is 0 Å². The maximum atomic E-state index is 5.26. The van der Waals surface area contributed by atoms with Gasteiger partial charge in [-0.1, -0.05) is 31.9 Å². The maximum Gasteiger partial charge on any atom is 0.108 e. The number of hydrogen-bond acceptors (Lipinski definition) is 2. The van der Waals surface area contributed by atoms with Crippen molar-refractivity contribution in [3.8, 4) is 0 Å². The summed E-state index contributed by atoms with van der Waals surface area (Å²) in [5.74, 6) is 0. The van der Waals surface area contributed by atoms with Crippen molar-refractivity contribution in [3.63, 3.8) is 0 Å². The number of rotatable bonds is 5. The third-order valence-electron chi connectivity index (χ3n) is 1.14. The molecule has 0 unspecified atom stereocenters. The van der Waals surface area contributed by atoms with E-state index in [4.69, 9.17) is 9.78 Å². The molecule has 2 nitrogen and oxygen atoms in total. The highest BCUT2D eigenvalue weighted by Gasteiger charge is 2.24. The fraction of sp³-hybridized carbons (Fsp3) is 1.00. The molecule has 0 aromatic carbocycles. The molecule has 0 saturated carbocycles. The lowest BCUT2D eigenvalue weighted by Crippen LogP contribution is -2.34. The predicted molar refractivity (Wildman–Crippen MR) is 57.9 cm³/mol. The third-order valence-corrected chi connectivity index (χ3v) is 3.84. The van der Waals surface area contributed by atoms with Crippen molar-refractivity contribution in [1.82, 2.24) is 0 Å². The molecule has 0 saturated heterocycles. The van der Waals surface area contributed by atoms with E-state index < -0.39 is 0 Å². The van der Waals surface area contributed by atoms with Crippen molar-refractivity contribution in [2.75, 3.05) is 10.7 Å². The summed E-state index contributed by atoms with van der Waals surface area (Å²) >= 11 is 6.69. The molecule has 0 spiro atoms. The Morgan fingerprint density at radius 1 is 0.833 bits per heavy atom. The summed E-state index contributed by atoms with van der Waals surface area (Å²) in [7, 11) is 0. The van der Waals surface area contributed by atoms with Gasteiger partial charge in [0, 0.05) is 10.7 Å². The monoisotopic (exact) mass is 302 g/mol. The SMILES string of the molecule is CC(C)(CBr)OOC(C)(C)CBr. The summed E-state index contributed by atoms with van der Waals surface area (Å²) in [6.45, 7) is 7.86. The van der Waals surface area contributed by atoms with Crippen molar-refractivity contribution in [1.29, 1.82) is 0 Å². The number of hydrogen-bond donors (Lipinski definition) is 0. The molecule has 0 aliphatic carbocycles. The molecule has 0 aliphatic rings. The van der Waals surface area contributed by atoms with Crippen LogP contribution >= 0.6 is 31.9 Å². The van der Waals surface area contributed by atoms with Gasteiger partial charge in [-0.3, -0.25) is 0 Å². The zero-order chi connectivity index (χ0) is 9.83. The summed E-state index contributed by atoms with van der Waals surface area (Å²) in [6, 6.07) is 0. The molecule has 74 valence electrons. The summed E-state index contributed by atoms with van der Waals surface area (Å²) in [4.78, 5) is 10.5. The topological polar surface area (TPSA) is 18.5 Å². The summed E-state index contributed by atoms with van der Waals surface area (Å²) in [5.41, 5.74) is -0.557. The average Bonchev–Trinajstić information content (AvgIpc) is 2.02. The highest BCUT2D eigenvalue weighted by atomic mass is 79.9. The molecule has 0 rings (SSSR count). The first kappa shape index (κ1) is 12.9. The van der Waals surface area contributed by atoms with Crippen molar-refractivity contribution in [2.24, 2.45) is 0 Å². The van der Waals surface area contributed by atoms with Gasteiger partial charge in [0.2, 0.25) is 0 Å². The Balaban J connectivity index is 3.82. The minimum absolute atomic E-state index is 0.278. The Bertz CT molecular complexity index is 119. The number of alkyl halides is 2. The Kier molecular flexibility index (Phi) is 5.30. The third kappa shape index (κ3) is 5.51. The fourth-order valence-electron chi connectivity index (χ4n) is 0.270. The summed E-state index contributed by atoms with van der Waals surface area (Å²) in [5, 5.41) is 1.50. The molecule has 0 fully saturated rings. The van der Waals surface area contributed by atoms with Gasteiger partial charge < -0.3 is 0 Å². The Morgan fingerprint density at radius 2 is 1.08 bits per heavy atom. The van der Waals surface area contributed by atoms with Crippen molar-refractivity contribution >= 4 is 31.9 Å². The molecular formula is C8H16Br2O2. The van der Waals surface area contributed by atoms with E-state index in [1.807, 2.05) is 27.7 Å².